The zero-order valence-corrected chi connectivity index (χ0v) is 31.7. The molecule has 0 saturated heterocycles. The average molecular weight is 752 g/mol. The molecule has 14 nitrogen and oxygen atoms in total. The van der Waals surface area contributed by atoms with E-state index in [0.717, 1.165) is 36.8 Å². The van der Waals surface area contributed by atoms with Crippen molar-refractivity contribution in [1.82, 2.24) is 4.90 Å². The van der Waals surface area contributed by atoms with Gasteiger partial charge in [-0.3, -0.25) is 5.32 Å². The monoisotopic (exact) mass is 751 g/mol. The van der Waals surface area contributed by atoms with Gasteiger partial charge in [0, 0.05) is 44.2 Å². The van der Waals surface area contributed by atoms with Crippen LogP contribution in [0.25, 0.3) is 0 Å². The minimum atomic E-state index is -1.41. The highest BCUT2D eigenvalue weighted by molar-refractivity contribution is 6.03. The smallest absolute Gasteiger partial charge is 0.417 e. The van der Waals surface area contributed by atoms with Crippen LogP contribution in [0.2, 0.25) is 0 Å². The number of aliphatic hydroxyl groups excluding tert-OH is 2. The predicted molar refractivity (Wildman–Crippen MR) is 201 cm³/mol. The number of rotatable bonds is 17. The summed E-state index contributed by atoms with van der Waals surface area (Å²) in [6, 6.07) is 9.56. The lowest BCUT2D eigenvalue weighted by Gasteiger charge is -2.59. The highest BCUT2D eigenvalue weighted by atomic mass is 16.7. The summed E-state index contributed by atoms with van der Waals surface area (Å²) in [5, 5.41) is 26.8. The number of anilines is 1. The number of ether oxygens (including phenoxy) is 6. The van der Waals surface area contributed by atoms with E-state index in [1.165, 1.54) is 26.2 Å². The molecule has 14 heteroatoms. The molecule has 0 spiro atoms. The molecule has 6 atom stereocenters. The van der Waals surface area contributed by atoms with Gasteiger partial charge < -0.3 is 48.4 Å². The summed E-state index contributed by atoms with van der Waals surface area (Å²) in [4.78, 5) is 33.4. The number of carbonyl (C=O) groups excluding carboxylic acids is 2. The van der Waals surface area contributed by atoms with Crippen molar-refractivity contribution >= 4 is 23.6 Å². The molecule has 0 aromatic heterocycles. The Morgan fingerprint density at radius 1 is 1.02 bits per heavy atom. The Balaban J connectivity index is 1.66. The lowest BCUT2D eigenvalue weighted by Crippen LogP contribution is -2.69. The van der Waals surface area contributed by atoms with Crippen molar-refractivity contribution < 1.29 is 53.1 Å². The summed E-state index contributed by atoms with van der Waals surface area (Å²) in [6.07, 6.45) is 7.21. The fraction of sp³-hybridized carbons (Fsp3) is 0.525. The lowest BCUT2D eigenvalue weighted by molar-refractivity contribution is -0.253. The van der Waals surface area contributed by atoms with E-state index in [2.05, 4.69) is 23.1 Å². The van der Waals surface area contributed by atoms with Crippen molar-refractivity contribution in [3.63, 3.8) is 0 Å². The number of fused-ring (bicyclic) bond motifs is 2. The second-order valence-corrected chi connectivity index (χ2v) is 13.6. The van der Waals surface area contributed by atoms with Gasteiger partial charge in [0.2, 0.25) is 5.79 Å². The molecule has 2 amide bonds. The molecule has 2 aromatic rings. The molecule has 1 heterocycles. The Hall–Kier alpha value is -4.79. The average Bonchev–Trinajstić information content (AvgIpc) is 3.18. The zero-order valence-electron chi connectivity index (χ0n) is 31.7. The molecular formula is C40H53N3O11. The van der Waals surface area contributed by atoms with E-state index < -0.39 is 29.9 Å². The Bertz CT molecular complexity index is 1700. The van der Waals surface area contributed by atoms with Crippen molar-refractivity contribution in [2.75, 3.05) is 60.6 Å². The van der Waals surface area contributed by atoms with Crippen LogP contribution in [0.3, 0.4) is 0 Å². The normalized spacial score (nSPS) is 24.5. The molecule has 0 bridgehead atoms. The number of nitrogens with one attached hydrogen (secondary N) is 1. The van der Waals surface area contributed by atoms with E-state index in [1.54, 1.807) is 50.6 Å². The number of allylic oxidation sites excluding steroid dienone is 1. The molecule has 3 N–H and O–H groups in total. The molecule has 3 aliphatic rings. The lowest BCUT2D eigenvalue weighted by atomic mass is 9.55. The van der Waals surface area contributed by atoms with Gasteiger partial charge >= 0.3 is 12.2 Å². The fourth-order valence-corrected chi connectivity index (χ4v) is 8.32. The van der Waals surface area contributed by atoms with Gasteiger partial charge in [-0.2, -0.15) is 0 Å². The van der Waals surface area contributed by atoms with Crippen LogP contribution in [0.15, 0.2) is 65.9 Å². The molecule has 54 heavy (non-hydrogen) atoms. The van der Waals surface area contributed by atoms with E-state index in [0.29, 0.717) is 41.5 Å². The summed E-state index contributed by atoms with van der Waals surface area (Å²) in [5.41, 5.74) is 2.74. The molecule has 0 radical (unpaired) electrons. The van der Waals surface area contributed by atoms with E-state index in [-0.39, 0.29) is 49.7 Å². The van der Waals surface area contributed by atoms with E-state index in [1.807, 2.05) is 6.07 Å². The molecule has 1 aliphatic heterocycles. The molecule has 2 aromatic carbocycles. The van der Waals surface area contributed by atoms with Crippen LogP contribution in [-0.4, -0.2) is 100 Å². The number of likely N-dealkylation sites (N-methyl/N-ethyl adjacent to an activating group) is 1. The maximum Gasteiger partial charge on any atom is 0.417 e. The minimum absolute atomic E-state index is 0.00281. The Kier molecular flexibility index (Phi) is 13.8. The number of nitrogens with zero attached hydrogens (tertiary/aromatic N) is 2. The van der Waals surface area contributed by atoms with Crippen molar-refractivity contribution in [1.29, 1.82) is 0 Å². The van der Waals surface area contributed by atoms with Gasteiger partial charge in [0.15, 0.2) is 0 Å². The number of oxime groups is 1. The summed E-state index contributed by atoms with van der Waals surface area (Å²) in [7, 11) is 7.50. The molecule has 5 rings (SSSR count). The third kappa shape index (κ3) is 8.30. The number of methoxy groups -OCH3 is 3. The van der Waals surface area contributed by atoms with Crippen LogP contribution < -0.4 is 24.3 Å². The third-order valence-corrected chi connectivity index (χ3v) is 10.6. The van der Waals surface area contributed by atoms with Crippen LogP contribution >= 0.6 is 0 Å². The van der Waals surface area contributed by atoms with Crippen molar-refractivity contribution in [2.24, 2.45) is 22.9 Å². The summed E-state index contributed by atoms with van der Waals surface area (Å²) in [6.45, 7) is 4.18. The first-order valence-corrected chi connectivity index (χ1v) is 18.3. The Labute approximate surface area is 316 Å². The van der Waals surface area contributed by atoms with E-state index in [9.17, 15) is 19.8 Å². The van der Waals surface area contributed by atoms with Gasteiger partial charge in [-0.05, 0) is 73.4 Å². The SMILES string of the molecule is C=CCO[C@@]12Oc3ccc(OC(=O)Nc4ccc(OC)cc4OC)cc3[C@H]3[C@H](CCCCO)[C@@H](CCCCO)C=C(C(=NOC)C[C@@H]1N(C)C(=O)OC)[C@H]32. The summed E-state index contributed by atoms with van der Waals surface area (Å²) < 4.78 is 35.6. The summed E-state index contributed by atoms with van der Waals surface area (Å²) in [5.74, 6) is -0.401. The third-order valence-electron chi connectivity index (χ3n) is 10.6. The quantitative estimate of drug-likeness (QED) is 0.0947. The maximum absolute atomic E-state index is 13.3. The minimum Gasteiger partial charge on any atom is -0.497 e. The second-order valence-electron chi connectivity index (χ2n) is 13.6. The maximum atomic E-state index is 13.3. The van der Waals surface area contributed by atoms with Crippen LogP contribution in [0.5, 0.6) is 23.0 Å². The van der Waals surface area contributed by atoms with Crippen molar-refractivity contribution in [3.8, 4) is 23.0 Å². The van der Waals surface area contributed by atoms with Gasteiger partial charge in [-0.25, -0.2) is 9.59 Å². The van der Waals surface area contributed by atoms with Gasteiger partial charge in [-0.1, -0.05) is 30.1 Å². The number of hydrogen-bond donors (Lipinski definition) is 3. The van der Waals surface area contributed by atoms with Crippen molar-refractivity contribution in [2.45, 2.75) is 62.7 Å². The molecule has 1 saturated carbocycles. The van der Waals surface area contributed by atoms with E-state index >= 15 is 0 Å². The second kappa shape index (κ2) is 18.5. The number of amides is 2. The van der Waals surface area contributed by atoms with Crippen LogP contribution in [-0.2, 0) is 14.3 Å². The number of hydrogen-bond acceptors (Lipinski definition) is 12. The molecule has 2 aliphatic carbocycles. The highest BCUT2D eigenvalue weighted by Crippen LogP contribution is 2.61. The Morgan fingerprint density at radius 2 is 1.76 bits per heavy atom. The topological polar surface area (TPSA) is 167 Å². The number of aliphatic hydroxyl groups is 2. The van der Waals surface area contributed by atoms with Gasteiger partial charge in [-0.15, -0.1) is 6.58 Å². The first-order chi connectivity index (χ1) is 26.2. The predicted octanol–water partition coefficient (Wildman–Crippen LogP) is 6.28. The van der Waals surface area contributed by atoms with Crippen LogP contribution in [0, 0.1) is 17.8 Å². The molecule has 1 fully saturated rings. The highest BCUT2D eigenvalue weighted by Gasteiger charge is 2.65. The number of carbonyl (C=O) groups is 2. The number of unbranched alkanes of at least 4 members (excludes halogenated alkanes) is 2. The largest absolute Gasteiger partial charge is 0.497 e. The van der Waals surface area contributed by atoms with Gasteiger partial charge in [0.05, 0.1) is 45.3 Å². The molecule has 294 valence electrons. The first kappa shape index (κ1) is 40.4. The Morgan fingerprint density at radius 3 is 2.43 bits per heavy atom. The molecule has 0 unspecified atom stereocenters. The summed E-state index contributed by atoms with van der Waals surface area (Å²) >= 11 is 0. The van der Waals surface area contributed by atoms with Crippen LogP contribution in [0.4, 0.5) is 15.3 Å². The van der Waals surface area contributed by atoms with Crippen LogP contribution in [0.1, 0.15) is 56.4 Å². The van der Waals surface area contributed by atoms with Gasteiger partial charge in [0.1, 0.15) is 36.1 Å². The van der Waals surface area contributed by atoms with Gasteiger partial charge in [0.25, 0.3) is 0 Å². The fourth-order valence-electron chi connectivity index (χ4n) is 8.32. The number of benzene rings is 2. The van der Waals surface area contributed by atoms with Crippen molar-refractivity contribution in [3.05, 3.63) is 66.3 Å². The van der Waals surface area contributed by atoms with E-state index in [4.69, 9.17) is 33.3 Å². The zero-order chi connectivity index (χ0) is 38.8. The standard InChI is InChI=1S/C40H53N3O11/c1-7-20-52-40-35(43(2)39(47)50-5)24-32(42-51-6)29-21-25(12-8-10-18-44)28(13-9-11-19-45)36(37(29)40)30-22-27(15-17-33(30)54-40)53-38(46)41-31-16-14-26(48-3)23-34(31)49-4/h7,14-17,21-23,25,28,35-37,44-45H,1,8-13,18-20,24H2,2-6H3,(H,41,46)/t25-,28+,35-,36+,37+,40+/m0/s1. The first-order valence-electron chi connectivity index (χ1n) is 18.3. The molecular weight excluding hydrogens is 698 g/mol.